The highest BCUT2D eigenvalue weighted by Crippen LogP contribution is 2.11. The molecule has 0 radical (unpaired) electrons. The van der Waals surface area contributed by atoms with Crippen LogP contribution in [0.4, 0.5) is 9.59 Å². The predicted molar refractivity (Wildman–Crippen MR) is 68.3 cm³/mol. The highest BCUT2D eigenvalue weighted by Gasteiger charge is 2.24. The summed E-state index contributed by atoms with van der Waals surface area (Å²) in [4.78, 5) is 24.5. The number of nitrogens with one attached hydrogen (secondary N) is 2. The first kappa shape index (κ1) is 14.3. The maximum atomic E-state index is 11.5. The van der Waals surface area contributed by atoms with Gasteiger partial charge in [-0.2, -0.15) is 0 Å². The van der Waals surface area contributed by atoms with Crippen molar-refractivity contribution in [1.29, 1.82) is 0 Å². The predicted octanol–water partition coefficient (Wildman–Crippen LogP) is 1.09. The van der Waals surface area contributed by atoms with Crippen molar-refractivity contribution in [2.45, 2.75) is 25.8 Å². The second kappa shape index (κ2) is 7.58. The van der Waals surface area contributed by atoms with Crippen LogP contribution in [0.1, 0.15) is 19.8 Å². The summed E-state index contributed by atoms with van der Waals surface area (Å²) in [6.07, 6.45) is 2.86. The smallest absolute Gasteiger partial charge is 0.409 e. The lowest BCUT2D eigenvalue weighted by molar-refractivity contribution is 0.0957. The van der Waals surface area contributed by atoms with Crippen molar-refractivity contribution in [3.05, 3.63) is 12.7 Å². The number of nitrogens with zero attached hydrogens (tertiary/aromatic N) is 1. The molecular weight excluding hydrogens is 234 g/mol. The Balaban J connectivity index is 2.24. The molecule has 1 heterocycles. The lowest BCUT2D eigenvalue weighted by atomic mass is 10.1. The number of rotatable bonds is 4. The molecule has 6 nitrogen and oxygen atoms in total. The van der Waals surface area contributed by atoms with Crippen LogP contribution in [0.2, 0.25) is 0 Å². The van der Waals surface area contributed by atoms with Crippen LogP contribution < -0.4 is 10.6 Å². The molecular formula is C12H21N3O3. The fraction of sp³-hybridized carbons (Fsp3) is 0.667. The Morgan fingerprint density at radius 3 is 2.67 bits per heavy atom. The van der Waals surface area contributed by atoms with Crippen LogP contribution in [-0.2, 0) is 4.74 Å². The third kappa shape index (κ3) is 4.65. The molecule has 1 fully saturated rings. The fourth-order valence-corrected chi connectivity index (χ4v) is 1.82. The minimum atomic E-state index is -0.271. The van der Waals surface area contributed by atoms with Gasteiger partial charge in [0.2, 0.25) is 0 Å². The van der Waals surface area contributed by atoms with Crippen molar-refractivity contribution in [3.63, 3.8) is 0 Å². The van der Waals surface area contributed by atoms with E-state index < -0.39 is 0 Å². The van der Waals surface area contributed by atoms with E-state index >= 15 is 0 Å². The number of carbonyl (C=O) groups is 2. The molecule has 1 rings (SSSR count). The molecule has 1 saturated heterocycles. The third-order valence-corrected chi connectivity index (χ3v) is 2.76. The van der Waals surface area contributed by atoms with E-state index in [1.165, 1.54) is 0 Å². The lowest BCUT2D eigenvalue weighted by Gasteiger charge is -2.31. The zero-order valence-corrected chi connectivity index (χ0v) is 10.8. The van der Waals surface area contributed by atoms with Gasteiger partial charge in [0.25, 0.3) is 0 Å². The lowest BCUT2D eigenvalue weighted by Crippen LogP contribution is -2.49. The van der Waals surface area contributed by atoms with Gasteiger partial charge in [-0.3, -0.25) is 0 Å². The van der Waals surface area contributed by atoms with E-state index in [0.717, 1.165) is 12.8 Å². The molecule has 3 amide bonds. The summed E-state index contributed by atoms with van der Waals surface area (Å²) in [7, 11) is 0. The molecule has 0 spiro atoms. The van der Waals surface area contributed by atoms with Gasteiger partial charge in [-0.05, 0) is 19.8 Å². The van der Waals surface area contributed by atoms with Gasteiger partial charge in [0.05, 0.1) is 6.61 Å². The van der Waals surface area contributed by atoms with Crippen molar-refractivity contribution in [2.24, 2.45) is 0 Å². The summed E-state index contributed by atoms with van der Waals surface area (Å²) < 4.78 is 4.93. The first-order valence-electron chi connectivity index (χ1n) is 6.24. The number of hydrogen-bond acceptors (Lipinski definition) is 3. The van der Waals surface area contributed by atoms with Gasteiger partial charge >= 0.3 is 12.1 Å². The number of likely N-dealkylation sites (tertiary alicyclic amines) is 1. The minimum Gasteiger partial charge on any atom is -0.450 e. The van der Waals surface area contributed by atoms with Crippen LogP contribution in [-0.4, -0.2) is 49.3 Å². The summed E-state index contributed by atoms with van der Waals surface area (Å²) in [6.45, 7) is 7.39. The SMILES string of the molecule is C=CCNC(=O)NC1CCN(C(=O)OCC)CC1. The van der Waals surface area contributed by atoms with Crippen molar-refractivity contribution >= 4 is 12.1 Å². The molecule has 2 N–H and O–H groups in total. The van der Waals surface area contributed by atoms with Gasteiger partial charge in [-0.1, -0.05) is 6.08 Å². The van der Waals surface area contributed by atoms with Crippen LogP contribution >= 0.6 is 0 Å². The second-order valence-corrected chi connectivity index (χ2v) is 4.10. The van der Waals surface area contributed by atoms with Gasteiger partial charge < -0.3 is 20.3 Å². The van der Waals surface area contributed by atoms with Crippen LogP contribution in [0.5, 0.6) is 0 Å². The van der Waals surface area contributed by atoms with E-state index in [0.29, 0.717) is 26.2 Å². The molecule has 0 aromatic rings. The molecule has 0 bridgehead atoms. The molecule has 0 aromatic heterocycles. The monoisotopic (exact) mass is 255 g/mol. The van der Waals surface area contributed by atoms with E-state index in [1.807, 2.05) is 0 Å². The largest absolute Gasteiger partial charge is 0.450 e. The van der Waals surface area contributed by atoms with Gasteiger partial charge in [0.15, 0.2) is 0 Å². The summed E-state index contributed by atoms with van der Waals surface area (Å²) >= 11 is 0. The standard InChI is InChI=1S/C12H21N3O3/c1-3-7-13-11(16)14-10-5-8-15(9-6-10)12(17)18-4-2/h3,10H,1,4-9H2,2H3,(H2,13,14,16). The Hall–Kier alpha value is -1.72. The molecule has 6 heteroatoms. The number of ether oxygens (including phenoxy) is 1. The van der Waals surface area contributed by atoms with E-state index in [1.54, 1.807) is 17.9 Å². The maximum absolute atomic E-state index is 11.5. The van der Waals surface area contributed by atoms with Gasteiger partial charge in [0, 0.05) is 25.7 Å². The topological polar surface area (TPSA) is 70.7 Å². The second-order valence-electron chi connectivity index (χ2n) is 4.10. The summed E-state index contributed by atoms with van der Waals surface area (Å²) in [6, 6.07) is -0.0787. The molecule has 18 heavy (non-hydrogen) atoms. The molecule has 0 aliphatic carbocycles. The Morgan fingerprint density at radius 1 is 1.44 bits per heavy atom. The highest BCUT2D eigenvalue weighted by molar-refractivity contribution is 5.74. The van der Waals surface area contributed by atoms with Crippen LogP contribution in [0.3, 0.4) is 0 Å². The normalized spacial score (nSPS) is 15.9. The Kier molecular flexibility index (Phi) is 6.04. The molecule has 1 aliphatic heterocycles. The van der Waals surface area contributed by atoms with Gasteiger partial charge in [-0.25, -0.2) is 9.59 Å². The number of amides is 3. The Labute approximate surface area is 107 Å². The third-order valence-electron chi connectivity index (χ3n) is 2.76. The Morgan fingerprint density at radius 2 is 2.11 bits per heavy atom. The average Bonchev–Trinajstić information content (AvgIpc) is 2.37. The zero-order chi connectivity index (χ0) is 13.4. The van der Waals surface area contributed by atoms with Crippen LogP contribution in [0.15, 0.2) is 12.7 Å². The quantitative estimate of drug-likeness (QED) is 0.739. The molecule has 1 aliphatic rings. The van der Waals surface area contributed by atoms with Crippen molar-refractivity contribution in [1.82, 2.24) is 15.5 Å². The average molecular weight is 255 g/mol. The Bertz CT molecular complexity index is 299. The number of hydrogen-bond donors (Lipinski definition) is 2. The van der Waals surface area contributed by atoms with Gasteiger partial charge in [-0.15, -0.1) is 6.58 Å². The first-order chi connectivity index (χ1) is 8.67. The summed E-state index contributed by atoms with van der Waals surface area (Å²) in [5.74, 6) is 0. The van der Waals surface area contributed by atoms with E-state index in [9.17, 15) is 9.59 Å². The van der Waals surface area contributed by atoms with E-state index in [4.69, 9.17) is 4.74 Å². The molecule has 0 aromatic carbocycles. The summed E-state index contributed by atoms with van der Waals surface area (Å²) in [5, 5.41) is 5.53. The number of piperidine rings is 1. The fourth-order valence-electron chi connectivity index (χ4n) is 1.82. The first-order valence-corrected chi connectivity index (χ1v) is 6.24. The maximum Gasteiger partial charge on any atom is 0.409 e. The van der Waals surface area contributed by atoms with Crippen LogP contribution in [0, 0.1) is 0 Å². The minimum absolute atomic E-state index is 0.112. The van der Waals surface area contributed by atoms with Gasteiger partial charge in [0.1, 0.15) is 0 Å². The molecule has 0 atom stereocenters. The van der Waals surface area contributed by atoms with Crippen LogP contribution in [0.25, 0.3) is 0 Å². The van der Waals surface area contributed by atoms with Crippen molar-refractivity contribution in [2.75, 3.05) is 26.2 Å². The van der Waals surface area contributed by atoms with E-state index in [-0.39, 0.29) is 18.2 Å². The molecule has 102 valence electrons. The zero-order valence-electron chi connectivity index (χ0n) is 10.8. The molecule has 0 unspecified atom stereocenters. The summed E-state index contributed by atoms with van der Waals surface area (Å²) in [5.41, 5.74) is 0. The number of carbonyl (C=O) groups excluding carboxylic acids is 2. The highest BCUT2D eigenvalue weighted by atomic mass is 16.6. The molecule has 0 saturated carbocycles. The van der Waals surface area contributed by atoms with Crippen molar-refractivity contribution < 1.29 is 14.3 Å². The van der Waals surface area contributed by atoms with Crippen molar-refractivity contribution in [3.8, 4) is 0 Å². The number of urea groups is 1. The van der Waals surface area contributed by atoms with E-state index in [2.05, 4.69) is 17.2 Å².